The molecule has 0 aliphatic heterocycles. The molecule has 0 bridgehead atoms. The molecule has 6 heteroatoms. The topological polar surface area (TPSA) is 52.3 Å². The fourth-order valence-corrected chi connectivity index (χ4v) is 3.26. The molecule has 1 rings (SSSR count). The number of ether oxygens (including phenoxy) is 1. The SMILES string of the molecule is CCOC(=O)C(N)CSCCSc1ccccc1F. The second-order valence-corrected chi connectivity index (χ2v) is 6.00. The van der Waals surface area contributed by atoms with Crippen LogP contribution in [0.25, 0.3) is 0 Å². The highest BCUT2D eigenvalue weighted by atomic mass is 32.2. The third-order valence-corrected chi connectivity index (χ3v) is 4.61. The first kappa shape index (κ1) is 16.3. The maximum atomic E-state index is 13.3. The summed E-state index contributed by atoms with van der Waals surface area (Å²) in [6.45, 7) is 2.10. The van der Waals surface area contributed by atoms with E-state index < -0.39 is 6.04 Å². The molecule has 1 unspecified atom stereocenters. The first-order valence-corrected chi connectivity index (χ1v) is 8.16. The van der Waals surface area contributed by atoms with Crippen LogP contribution in [-0.2, 0) is 9.53 Å². The number of hydrogen-bond acceptors (Lipinski definition) is 5. The van der Waals surface area contributed by atoms with Gasteiger partial charge >= 0.3 is 5.97 Å². The van der Waals surface area contributed by atoms with Gasteiger partial charge in [0, 0.05) is 22.2 Å². The summed E-state index contributed by atoms with van der Waals surface area (Å²) in [7, 11) is 0. The number of thioether (sulfide) groups is 2. The molecule has 2 N–H and O–H groups in total. The van der Waals surface area contributed by atoms with Crippen LogP contribution in [0.3, 0.4) is 0 Å². The number of nitrogens with two attached hydrogens (primary N) is 1. The van der Waals surface area contributed by atoms with E-state index in [0.29, 0.717) is 17.3 Å². The Kier molecular flexibility index (Phi) is 7.93. The van der Waals surface area contributed by atoms with Crippen LogP contribution in [-0.4, -0.2) is 35.9 Å². The Morgan fingerprint density at radius 3 is 2.84 bits per heavy atom. The third kappa shape index (κ3) is 6.31. The predicted octanol–water partition coefficient (Wildman–Crippen LogP) is 2.54. The molecule has 0 saturated carbocycles. The minimum Gasteiger partial charge on any atom is -0.465 e. The van der Waals surface area contributed by atoms with E-state index >= 15 is 0 Å². The number of esters is 1. The first-order valence-electron chi connectivity index (χ1n) is 6.02. The highest BCUT2D eigenvalue weighted by molar-refractivity contribution is 8.03. The molecule has 1 aromatic carbocycles. The summed E-state index contributed by atoms with van der Waals surface area (Å²) >= 11 is 3.04. The summed E-state index contributed by atoms with van der Waals surface area (Å²) in [4.78, 5) is 11.9. The average molecular weight is 303 g/mol. The molecule has 0 heterocycles. The van der Waals surface area contributed by atoms with E-state index in [2.05, 4.69) is 0 Å². The van der Waals surface area contributed by atoms with Crippen LogP contribution in [0.4, 0.5) is 4.39 Å². The summed E-state index contributed by atoms with van der Waals surface area (Å²) in [5.41, 5.74) is 5.66. The van der Waals surface area contributed by atoms with Crippen LogP contribution in [0.15, 0.2) is 29.2 Å². The van der Waals surface area contributed by atoms with Gasteiger partial charge in [0.1, 0.15) is 11.9 Å². The van der Waals surface area contributed by atoms with E-state index in [1.165, 1.54) is 17.8 Å². The Morgan fingerprint density at radius 2 is 2.16 bits per heavy atom. The van der Waals surface area contributed by atoms with Crippen molar-refractivity contribution in [1.82, 2.24) is 0 Å². The number of benzene rings is 1. The lowest BCUT2D eigenvalue weighted by molar-refractivity contribution is -0.144. The van der Waals surface area contributed by atoms with E-state index in [1.807, 2.05) is 6.07 Å². The first-order chi connectivity index (χ1) is 9.15. The van der Waals surface area contributed by atoms with Gasteiger partial charge in [0.2, 0.25) is 0 Å². The monoisotopic (exact) mass is 303 g/mol. The van der Waals surface area contributed by atoms with Crippen molar-refractivity contribution < 1.29 is 13.9 Å². The number of rotatable bonds is 8. The summed E-state index contributed by atoms with van der Waals surface area (Å²) in [5, 5.41) is 0. The Bertz CT molecular complexity index is 404. The van der Waals surface area contributed by atoms with Gasteiger partial charge in [-0.1, -0.05) is 12.1 Å². The summed E-state index contributed by atoms with van der Waals surface area (Å²) in [6, 6.07) is 6.12. The van der Waals surface area contributed by atoms with Gasteiger partial charge in [0.15, 0.2) is 0 Å². The zero-order valence-electron chi connectivity index (χ0n) is 10.8. The van der Waals surface area contributed by atoms with Crippen molar-refractivity contribution >= 4 is 29.5 Å². The van der Waals surface area contributed by atoms with Crippen LogP contribution in [0.5, 0.6) is 0 Å². The summed E-state index contributed by atoms with van der Waals surface area (Å²) < 4.78 is 18.1. The van der Waals surface area contributed by atoms with Gasteiger partial charge in [0.25, 0.3) is 0 Å². The maximum absolute atomic E-state index is 13.3. The Labute approximate surface area is 121 Å². The van der Waals surface area contributed by atoms with Crippen LogP contribution in [0.1, 0.15) is 6.92 Å². The van der Waals surface area contributed by atoms with E-state index in [1.54, 1.807) is 30.8 Å². The molecule has 106 valence electrons. The molecule has 0 radical (unpaired) electrons. The summed E-state index contributed by atoms with van der Waals surface area (Å²) in [6.07, 6.45) is 0. The van der Waals surface area contributed by atoms with Crippen molar-refractivity contribution in [3.63, 3.8) is 0 Å². The molecule has 1 aromatic rings. The Morgan fingerprint density at radius 1 is 1.42 bits per heavy atom. The molecule has 0 amide bonds. The maximum Gasteiger partial charge on any atom is 0.323 e. The molecule has 0 fully saturated rings. The van der Waals surface area contributed by atoms with Crippen molar-refractivity contribution in [1.29, 1.82) is 0 Å². The van der Waals surface area contributed by atoms with Crippen LogP contribution >= 0.6 is 23.5 Å². The molecule has 0 aromatic heterocycles. The van der Waals surface area contributed by atoms with Crippen LogP contribution < -0.4 is 5.73 Å². The summed E-state index contributed by atoms with van der Waals surface area (Å²) in [5.74, 6) is 1.56. The van der Waals surface area contributed by atoms with Gasteiger partial charge in [-0.25, -0.2) is 4.39 Å². The molecule has 1 atom stereocenters. The largest absolute Gasteiger partial charge is 0.465 e. The molecule has 0 aliphatic rings. The lowest BCUT2D eigenvalue weighted by Gasteiger charge is -2.09. The smallest absolute Gasteiger partial charge is 0.323 e. The fourth-order valence-electron chi connectivity index (χ4n) is 1.30. The lowest BCUT2D eigenvalue weighted by Crippen LogP contribution is -2.34. The van der Waals surface area contributed by atoms with Gasteiger partial charge in [-0.05, 0) is 19.1 Å². The average Bonchev–Trinajstić information content (AvgIpc) is 2.40. The minimum atomic E-state index is -0.580. The molecule has 19 heavy (non-hydrogen) atoms. The van der Waals surface area contributed by atoms with Gasteiger partial charge in [-0.15, -0.1) is 11.8 Å². The van der Waals surface area contributed by atoms with Crippen molar-refractivity contribution in [2.75, 3.05) is 23.9 Å². The standard InChI is InChI=1S/C13H18FNO2S2/c1-2-17-13(16)11(15)9-18-7-8-19-12-6-4-3-5-10(12)14/h3-6,11H,2,7-9,15H2,1H3. The molecule has 0 saturated heterocycles. The molecule has 3 nitrogen and oxygen atoms in total. The van der Waals surface area contributed by atoms with Crippen molar-refractivity contribution in [2.45, 2.75) is 17.9 Å². The van der Waals surface area contributed by atoms with Gasteiger partial charge in [-0.2, -0.15) is 11.8 Å². The highest BCUT2D eigenvalue weighted by Gasteiger charge is 2.13. The lowest BCUT2D eigenvalue weighted by atomic mass is 10.3. The van der Waals surface area contributed by atoms with E-state index in [4.69, 9.17) is 10.5 Å². The normalized spacial score (nSPS) is 12.2. The zero-order chi connectivity index (χ0) is 14.1. The second kappa shape index (κ2) is 9.23. The van der Waals surface area contributed by atoms with E-state index in [9.17, 15) is 9.18 Å². The van der Waals surface area contributed by atoms with E-state index in [-0.39, 0.29) is 11.8 Å². The van der Waals surface area contributed by atoms with Crippen molar-refractivity contribution in [3.8, 4) is 0 Å². The Balaban J connectivity index is 2.15. The molecular weight excluding hydrogens is 285 g/mol. The zero-order valence-corrected chi connectivity index (χ0v) is 12.4. The quantitative estimate of drug-likeness (QED) is 0.454. The number of halogens is 1. The second-order valence-electron chi connectivity index (χ2n) is 3.71. The minimum absolute atomic E-state index is 0.194. The molecule has 0 aliphatic carbocycles. The van der Waals surface area contributed by atoms with Crippen molar-refractivity contribution in [2.24, 2.45) is 5.73 Å². The van der Waals surface area contributed by atoms with Gasteiger partial charge < -0.3 is 10.5 Å². The van der Waals surface area contributed by atoms with Crippen LogP contribution in [0.2, 0.25) is 0 Å². The predicted molar refractivity (Wildman–Crippen MR) is 79.1 cm³/mol. The Hall–Kier alpha value is -0.720. The van der Waals surface area contributed by atoms with Crippen molar-refractivity contribution in [3.05, 3.63) is 30.1 Å². The van der Waals surface area contributed by atoms with Gasteiger partial charge in [0.05, 0.1) is 6.61 Å². The fraction of sp³-hybridized carbons (Fsp3) is 0.462. The number of carbonyl (C=O) groups excluding carboxylic acids is 1. The third-order valence-electron chi connectivity index (χ3n) is 2.21. The number of carbonyl (C=O) groups is 1. The number of hydrogen-bond donors (Lipinski definition) is 1. The molecule has 0 spiro atoms. The van der Waals surface area contributed by atoms with Crippen LogP contribution in [0, 0.1) is 5.82 Å². The van der Waals surface area contributed by atoms with E-state index in [0.717, 1.165) is 11.5 Å². The molecular formula is C13H18FNO2S2. The highest BCUT2D eigenvalue weighted by Crippen LogP contribution is 2.22. The van der Waals surface area contributed by atoms with Gasteiger partial charge in [-0.3, -0.25) is 4.79 Å².